The molecule has 1 aromatic carbocycles. The normalized spacial score (nSPS) is 11.9. The van der Waals surface area contributed by atoms with E-state index in [0.717, 1.165) is 27.8 Å². The molecule has 2 rings (SSSR count). The van der Waals surface area contributed by atoms with Crippen LogP contribution in [0.15, 0.2) is 18.2 Å². The number of hydrogen-bond acceptors (Lipinski definition) is 3. The van der Waals surface area contributed by atoms with Crippen molar-refractivity contribution < 1.29 is 0 Å². The zero-order chi connectivity index (χ0) is 14.2. The largest absolute Gasteiger partial charge is 0.324 e. The molecule has 0 atom stereocenters. The van der Waals surface area contributed by atoms with Crippen LogP contribution < -0.4 is 5.73 Å². The molecule has 2 N–H and O–H groups in total. The quantitative estimate of drug-likeness (QED) is 0.918. The fourth-order valence-electron chi connectivity index (χ4n) is 2.18. The summed E-state index contributed by atoms with van der Waals surface area (Å²) in [7, 11) is 0. The Kier molecular flexibility index (Phi) is 3.65. The van der Waals surface area contributed by atoms with Crippen LogP contribution in [0.3, 0.4) is 0 Å². The van der Waals surface area contributed by atoms with Crippen LogP contribution in [0.2, 0.25) is 5.02 Å². The van der Waals surface area contributed by atoms with E-state index in [9.17, 15) is 0 Å². The van der Waals surface area contributed by atoms with E-state index in [1.165, 1.54) is 0 Å². The van der Waals surface area contributed by atoms with E-state index in [0.29, 0.717) is 6.54 Å². The maximum Gasteiger partial charge on any atom is 0.164 e. The van der Waals surface area contributed by atoms with Gasteiger partial charge in [0, 0.05) is 16.1 Å². The lowest BCUT2D eigenvalue weighted by atomic mass is 10.0. The first-order valence-electron chi connectivity index (χ1n) is 6.26. The highest BCUT2D eigenvalue weighted by Crippen LogP contribution is 2.31. The summed E-state index contributed by atoms with van der Waals surface area (Å²) in [4.78, 5) is 0. The maximum absolute atomic E-state index is 6.19. The standard InChI is InChI=1S/C14H19ClN4/c1-9-10(6-5-7-11(9)15)13-18-17-12(8-16)19(13)14(2,3)4/h5-7H,8,16H2,1-4H3. The van der Waals surface area contributed by atoms with Crippen molar-refractivity contribution >= 4 is 11.6 Å². The maximum atomic E-state index is 6.19. The van der Waals surface area contributed by atoms with Gasteiger partial charge in [-0.05, 0) is 39.3 Å². The van der Waals surface area contributed by atoms with Gasteiger partial charge in [-0.15, -0.1) is 10.2 Å². The molecular weight excluding hydrogens is 260 g/mol. The van der Waals surface area contributed by atoms with Crippen molar-refractivity contribution in [3.63, 3.8) is 0 Å². The van der Waals surface area contributed by atoms with Crippen LogP contribution in [-0.2, 0) is 12.1 Å². The molecule has 0 aliphatic carbocycles. The van der Waals surface area contributed by atoms with Gasteiger partial charge in [0.1, 0.15) is 5.82 Å². The minimum Gasteiger partial charge on any atom is -0.324 e. The molecule has 5 heteroatoms. The van der Waals surface area contributed by atoms with E-state index in [-0.39, 0.29) is 5.54 Å². The Hall–Kier alpha value is -1.39. The summed E-state index contributed by atoms with van der Waals surface area (Å²) in [6, 6.07) is 5.81. The molecular formula is C14H19ClN4. The predicted molar refractivity (Wildman–Crippen MR) is 78.1 cm³/mol. The lowest BCUT2D eigenvalue weighted by Gasteiger charge is -2.25. The Morgan fingerprint density at radius 1 is 1.26 bits per heavy atom. The van der Waals surface area contributed by atoms with Crippen molar-refractivity contribution in [2.45, 2.75) is 39.8 Å². The van der Waals surface area contributed by atoms with Crippen LogP contribution in [0.1, 0.15) is 32.2 Å². The van der Waals surface area contributed by atoms with E-state index in [1.54, 1.807) is 0 Å². The first kappa shape index (κ1) is 14.0. The van der Waals surface area contributed by atoms with E-state index < -0.39 is 0 Å². The number of benzene rings is 1. The summed E-state index contributed by atoms with van der Waals surface area (Å²) in [5.41, 5.74) is 7.62. The fraction of sp³-hybridized carbons (Fsp3) is 0.429. The SMILES string of the molecule is Cc1c(Cl)cccc1-c1nnc(CN)n1C(C)(C)C. The highest BCUT2D eigenvalue weighted by molar-refractivity contribution is 6.31. The van der Waals surface area contributed by atoms with Gasteiger partial charge in [-0.3, -0.25) is 0 Å². The van der Waals surface area contributed by atoms with Gasteiger partial charge >= 0.3 is 0 Å². The Morgan fingerprint density at radius 2 is 1.95 bits per heavy atom. The number of hydrogen-bond donors (Lipinski definition) is 1. The van der Waals surface area contributed by atoms with E-state index in [1.807, 2.05) is 25.1 Å². The van der Waals surface area contributed by atoms with Gasteiger partial charge in [-0.2, -0.15) is 0 Å². The predicted octanol–water partition coefficient (Wildman–Crippen LogP) is 3.12. The monoisotopic (exact) mass is 278 g/mol. The van der Waals surface area contributed by atoms with Crippen LogP contribution >= 0.6 is 11.6 Å². The average Bonchev–Trinajstić information content (AvgIpc) is 2.76. The van der Waals surface area contributed by atoms with Crippen molar-refractivity contribution in [3.8, 4) is 11.4 Å². The van der Waals surface area contributed by atoms with Crippen LogP contribution in [0.25, 0.3) is 11.4 Å². The first-order chi connectivity index (χ1) is 8.86. The molecule has 0 spiro atoms. The molecule has 1 heterocycles. The highest BCUT2D eigenvalue weighted by atomic mass is 35.5. The van der Waals surface area contributed by atoms with Crippen molar-refractivity contribution in [1.29, 1.82) is 0 Å². The highest BCUT2D eigenvalue weighted by Gasteiger charge is 2.24. The Morgan fingerprint density at radius 3 is 2.53 bits per heavy atom. The average molecular weight is 279 g/mol. The van der Waals surface area contributed by atoms with Crippen LogP contribution in [-0.4, -0.2) is 14.8 Å². The van der Waals surface area contributed by atoms with Crippen molar-refractivity contribution in [1.82, 2.24) is 14.8 Å². The minimum absolute atomic E-state index is 0.137. The Bertz CT molecular complexity index is 596. The summed E-state index contributed by atoms with van der Waals surface area (Å²) in [5, 5.41) is 9.22. The summed E-state index contributed by atoms with van der Waals surface area (Å²) in [5.74, 6) is 1.59. The number of halogens is 1. The zero-order valence-electron chi connectivity index (χ0n) is 11.7. The van der Waals surface area contributed by atoms with E-state index in [4.69, 9.17) is 17.3 Å². The van der Waals surface area contributed by atoms with Crippen molar-refractivity contribution in [3.05, 3.63) is 34.6 Å². The third-order valence-electron chi connectivity index (χ3n) is 3.09. The molecule has 4 nitrogen and oxygen atoms in total. The summed E-state index contributed by atoms with van der Waals surface area (Å²) >= 11 is 6.19. The van der Waals surface area contributed by atoms with Gasteiger partial charge in [0.2, 0.25) is 0 Å². The lowest BCUT2D eigenvalue weighted by molar-refractivity contribution is 0.386. The molecule has 0 saturated carbocycles. The second-order valence-electron chi connectivity index (χ2n) is 5.56. The third-order valence-corrected chi connectivity index (χ3v) is 3.50. The molecule has 19 heavy (non-hydrogen) atoms. The number of nitrogens with two attached hydrogens (primary N) is 1. The van der Waals surface area contributed by atoms with E-state index in [2.05, 4.69) is 35.5 Å². The van der Waals surface area contributed by atoms with Crippen molar-refractivity contribution in [2.24, 2.45) is 5.73 Å². The number of nitrogens with zero attached hydrogens (tertiary/aromatic N) is 3. The Labute approximate surface area is 118 Å². The molecule has 1 aromatic heterocycles. The van der Waals surface area contributed by atoms with Gasteiger partial charge in [0.25, 0.3) is 0 Å². The third kappa shape index (κ3) is 2.51. The van der Waals surface area contributed by atoms with Gasteiger partial charge in [0.15, 0.2) is 5.82 Å². The molecule has 0 radical (unpaired) electrons. The zero-order valence-corrected chi connectivity index (χ0v) is 12.5. The number of aromatic nitrogens is 3. The minimum atomic E-state index is -0.137. The molecule has 0 saturated heterocycles. The molecule has 0 fully saturated rings. The van der Waals surface area contributed by atoms with Crippen LogP contribution in [0.5, 0.6) is 0 Å². The van der Waals surface area contributed by atoms with Crippen LogP contribution in [0.4, 0.5) is 0 Å². The summed E-state index contributed by atoms with van der Waals surface area (Å²) < 4.78 is 2.08. The Balaban J connectivity index is 2.70. The molecule has 0 aliphatic rings. The smallest absolute Gasteiger partial charge is 0.164 e. The van der Waals surface area contributed by atoms with Gasteiger partial charge in [-0.25, -0.2) is 0 Å². The second-order valence-corrected chi connectivity index (χ2v) is 5.97. The van der Waals surface area contributed by atoms with Gasteiger partial charge in [-0.1, -0.05) is 23.7 Å². The molecule has 2 aromatic rings. The van der Waals surface area contributed by atoms with Gasteiger partial charge < -0.3 is 10.3 Å². The molecule has 0 amide bonds. The fourth-order valence-corrected chi connectivity index (χ4v) is 2.35. The molecule has 0 aliphatic heterocycles. The topological polar surface area (TPSA) is 56.7 Å². The number of rotatable bonds is 2. The molecule has 0 bridgehead atoms. The second kappa shape index (κ2) is 4.94. The lowest BCUT2D eigenvalue weighted by Crippen LogP contribution is -2.26. The first-order valence-corrected chi connectivity index (χ1v) is 6.64. The van der Waals surface area contributed by atoms with E-state index >= 15 is 0 Å². The summed E-state index contributed by atoms with van der Waals surface area (Å²) in [6.07, 6.45) is 0. The van der Waals surface area contributed by atoms with Crippen molar-refractivity contribution in [2.75, 3.05) is 0 Å². The van der Waals surface area contributed by atoms with Crippen LogP contribution in [0, 0.1) is 6.92 Å². The molecule has 102 valence electrons. The summed E-state index contributed by atoms with van der Waals surface area (Å²) in [6.45, 7) is 8.68. The van der Waals surface area contributed by atoms with Gasteiger partial charge in [0.05, 0.1) is 6.54 Å². The molecule has 0 unspecified atom stereocenters.